The van der Waals surface area contributed by atoms with Crippen LogP contribution in [0.5, 0.6) is 0 Å². The highest BCUT2D eigenvalue weighted by molar-refractivity contribution is 7.89. The molecule has 0 bridgehead atoms. The van der Waals surface area contributed by atoms with Crippen LogP contribution in [-0.2, 0) is 19.6 Å². The molecule has 6 nitrogen and oxygen atoms in total. The van der Waals surface area contributed by atoms with Crippen LogP contribution in [0.1, 0.15) is 31.2 Å². The van der Waals surface area contributed by atoms with Crippen LogP contribution in [0, 0.1) is 12.8 Å². The van der Waals surface area contributed by atoms with E-state index in [0.29, 0.717) is 24.4 Å². The van der Waals surface area contributed by atoms with Gasteiger partial charge in [-0.25, -0.2) is 8.42 Å². The summed E-state index contributed by atoms with van der Waals surface area (Å²) in [4.78, 5) is 12.7. The van der Waals surface area contributed by atoms with E-state index in [1.165, 1.54) is 4.31 Å². The number of hydrogen-bond acceptors (Lipinski definition) is 4. The molecule has 0 aromatic heterocycles. The van der Waals surface area contributed by atoms with E-state index in [2.05, 4.69) is 5.32 Å². The predicted molar refractivity (Wildman–Crippen MR) is 94.6 cm³/mol. The highest BCUT2D eigenvalue weighted by atomic mass is 32.2. The molecule has 1 amide bonds. The summed E-state index contributed by atoms with van der Waals surface area (Å²) in [6.45, 7) is 3.90. The maximum atomic E-state index is 12.8. The molecule has 0 unspecified atom stereocenters. The van der Waals surface area contributed by atoms with E-state index >= 15 is 0 Å². The quantitative estimate of drug-likeness (QED) is 0.860. The Morgan fingerprint density at radius 1 is 1.24 bits per heavy atom. The average Bonchev–Trinajstić information content (AvgIpc) is 3.14. The molecule has 7 heteroatoms. The van der Waals surface area contributed by atoms with Crippen molar-refractivity contribution in [1.29, 1.82) is 0 Å². The first kappa shape index (κ1) is 18.4. The van der Waals surface area contributed by atoms with Crippen LogP contribution in [-0.4, -0.2) is 51.0 Å². The van der Waals surface area contributed by atoms with Crippen molar-refractivity contribution in [1.82, 2.24) is 9.62 Å². The van der Waals surface area contributed by atoms with Gasteiger partial charge in [-0.3, -0.25) is 4.79 Å². The SMILES string of the molecule is Cc1ccc(S(=O)(=O)N2CCC[C@@H](C(=O)NC[C@H]3CCCO3)C2)cc1. The lowest BCUT2D eigenvalue weighted by Crippen LogP contribution is -2.46. The molecule has 0 radical (unpaired) electrons. The maximum Gasteiger partial charge on any atom is 0.243 e. The van der Waals surface area contributed by atoms with Crippen LogP contribution in [0.2, 0.25) is 0 Å². The molecule has 2 saturated heterocycles. The lowest BCUT2D eigenvalue weighted by atomic mass is 9.99. The molecule has 1 N–H and O–H groups in total. The van der Waals surface area contributed by atoms with Gasteiger partial charge in [-0.2, -0.15) is 4.31 Å². The van der Waals surface area contributed by atoms with Crippen LogP contribution in [0.3, 0.4) is 0 Å². The van der Waals surface area contributed by atoms with Crippen molar-refractivity contribution in [3.05, 3.63) is 29.8 Å². The summed E-state index contributed by atoms with van der Waals surface area (Å²) >= 11 is 0. The van der Waals surface area contributed by atoms with Crippen molar-refractivity contribution in [3.63, 3.8) is 0 Å². The molecule has 1 aromatic carbocycles. The fraction of sp³-hybridized carbons (Fsp3) is 0.611. The Labute approximate surface area is 149 Å². The summed E-state index contributed by atoms with van der Waals surface area (Å²) in [5, 5.41) is 2.93. The Balaban J connectivity index is 1.61. The van der Waals surface area contributed by atoms with Crippen molar-refractivity contribution in [3.8, 4) is 0 Å². The Morgan fingerprint density at radius 2 is 2.00 bits per heavy atom. The molecular formula is C18H26N2O4S. The van der Waals surface area contributed by atoms with E-state index in [0.717, 1.165) is 31.4 Å². The van der Waals surface area contributed by atoms with Crippen LogP contribution in [0.4, 0.5) is 0 Å². The molecule has 2 atom stereocenters. The topological polar surface area (TPSA) is 75.7 Å². The molecule has 2 aliphatic rings. The first-order chi connectivity index (χ1) is 12.0. The van der Waals surface area contributed by atoms with Crippen molar-refractivity contribution >= 4 is 15.9 Å². The second-order valence-corrected chi connectivity index (χ2v) is 8.83. The lowest BCUT2D eigenvalue weighted by Gasteiger charge is -2.31. The molecule has 0 saturated carbocycles. The molecule has 1 aromatic rings. The van der Waals surface area contributed by atoms with Crippen LogP contribution < -0.4 is 5.32 Å². The van der Waals surface area contributed by atoms with Gasteiger partial charge in [0.1, 0.15) is 0 Å². The number of amides is 1. The fourth-order valence-corrected chi connectivity index (χ4v) is 4.92. The van der Waals surface area contributed by atoms with Crippen LogP contribution >= 0.6 is 0 Å². The summed E-state index contributed by atoms with van der Waals surface area (Å²) < 4.78 is 32.6. The maximum absolute atomic E-state index is 12.8. The van der Waals surface area contributed by atoms with Gasteiger partial charge in [-0.05, 0) is 44.7 Å². The summed E-state index contributed by atoms with van der Waals surface area (Å²) in [6, 6.07) is 6.85. The third kappa shape index (κ3) is 4.40. The number of benzene rings is 1. The largest absolute Gasteiger partial charge is 0.376 e. The molecule has 0 aliphatic carbocycles. The highest BCUT2D eigenvalue weighted by Crippen LogP contribution is 2.24. The Morgan fingerprint density at radius 3 is 2.68 bits per heavy atom. The van der Waals surface area contributed by atoms with Crippen molar-refractivity contribution in [2.45, 2.75) is 43.6 Å². The summed E-state index contributed by atoms with van der Waals surface area (Å²) in [5.41, 5.74) is 1.02. The predicted octanol–water partition coefficient (Wildman–Crippen LogP) is 1.69. The number of nitrogens with one attached hydrogen (secondary N) is 1. The van der Waals surface area contributed by atoms with Gasteiger partial charge in [0.15, 0.2) is 0 Å². The summed E-state index contributed by atoms with van der Waals surface area (Å²) in [6.07, 6.45) is 3.52. The Bertz CT molecular complexity index is 696. The Hall–Kier alpha value is -1.44. The number of hydrogen-bond donors (Lipinski definition) is 1. The molecule has 138 valence electrons. The number of aryl methyl sites for hydroxylation is 1. The number of carbonyl (C=O) groups excluding carboxylic acids is 1. The van der Waals surface area contributed by atoms with E-state index in [1.807, 2.05) is 6.92 Å². The second kappa shape index (κ2) is 7.85. The standard InChI is InChI=1S/C18H26N2O4S/c1-14-6-8-17(9-7-14)25(22,23)20-10-2-4-15(13-20)18(21)19-12-16-5-3-11-24-16/h6-9,15-16H,2-5,10-13H2,1H3,(H,19,21)/t15-,16-/m1/s1. The third-order valence-corrected chi connectivity index (χ3v) is 6.82. The minimum Gasteiger partial charge on any atom is -0.376 e. The van der Waals surface area contributed by atoms with Gasteiger partial charge in [0.05, 0.1) is 16.9 Å². The van der Waals surface area contributed by atoms with Gasteiger partial charge in [0, 0.05) is 26.2 Å². The van der Waals surface area contributed by atoms with E-state index < -0.39 is 10.0 Å². The minimum absolute atomic E-state index is 0.0701. The number of piperidine rings is 1. The van der Waals surface area contributed by atoms with E-state index in [4.69, 9.17) is 4.74 Å². The van der Waals surface area contributed by atoms with Gasteiger partial charge in [0.2, 0.25) is 15.9 Å². The van der Waals surface area contributed by atoms with Crippen molar-refractivity contribution < 1.29 is 17.9 Å². The molecule has 25 heavy (non-hydrogen) atoms. The smallest absolute Gasteiger partial charge is 0.243 e. The van der Waals surface area contributed by atoms with Crippen LogP contribution in [0.15, 0.2) is 29.2 Å². The fourth-order valence-electron chi connectivity index (χ4n) is 3.40. The van der Waals surface area contributed by atoms with Gasteiger partial charge >= 0.3 is 0 Å². The van der Waals surface area contributed by atoms with Gasteiger partial charge in [-0.15, -0.1) is 0 Å². The minimum atomic E-state index is -3.55. The zero-order valence-corrected chi connectivity index (χ0v) is 15.4. The van der Waals surface area contributed by atoms with Gasteiger partial charge in [-0.1, -0.05) is 17.7 Å². The van der Waals surface area contributed by atoms with E-state index in [1.54, 1.807) is 24.3 Å². The first-order valence-electron chi connectivity index (χ1n) is 8.93. The monoisotopic (exact) mass is 366 g/mol. The van der Waals surface area contributed by atoms with Gasteiger partial charge < -0.3 is 10.1 Å². The normalized spacial score (nSPS) is 25.0. The molecule has 3 rings (SSSR count). The summed E-state index contributed by atoms with van der Waals surface area (Å²) in [5.74, 6) is -0.366. The highest BCUT2D eigenvalue weighted by Gasteiger charge is 2.33. The second-order valence-electron chi connectivity index (χ2n) is 6.90. The van der Waals surface area contributed by atoms with Crippen LogP contribution in [0.25, 0.3) is 0 Å². The number of nitrogens with zero attached hydrogens (tertiary/aromatic N) is 1. The van der Waals surface area contributed by atoms with Gasteiger partial charge in [0.25, 0.3) is 0 Å². The van der Waals surface area contributed by atoms with E-state index in [9.17, 15) is 13.2 Å². The number of ether oxygens (including phenoxy) is 1. The molecule has 2 heterocycles. The first-order valence-corrected chi connectivity index (χ1v) is 10.4. The third-order valence-electron chi connectivity index (χ3n) is 4.94. The molecular weight excluding hydrogens is 340 g/mol. The number of rotatable bonds is 5. The molecule has 2 aliphatic heterocycles. The zero-order chi connectivity index (χ0) is 17.9. The van der Waals surface area contributed by atoms with Crippen molar-refractivity contribution in [2.75, 3.05) is 26.2 Å². The molecule has 2 fully saturated rings. The summed E-state index contributed by atoms with van der Waals surface area (Å²) in [7, 11) is -3.55. The number of carbonyl (C=O) groups is 1. The van der Waals surface area contributed by atoms with Crippen molar-refractivity contribution in [2.24, 2.45) is 5.92 Å². The Kier molecular flexibility index (Phi) is 5.76. The average molecular weight is 366 g/mol. The lowest BCUT2D eigenvalue weighted by molar-refractivity contribution is -0.126. The molecule has 0 spiro atoms. The zero-order valence-electron chi connectivity index (χ0n) is 14.6. The number of sulfonamides is 1. The van der Waals surface area contributed by atoms with E-state index in [-0.39, 0.29) is 24.5 Å².